The van der Waals surface area contributed by atoms with Gasteiger partial charge in [-0.1, -0.05) is 47.5 Å². The Balaban J connectivity index is 1.89. The Labute approximate surface area is 122 Å². The van der Waals surface area contributed by atoms with Crippen molar-refractivity contribution in [3.8, 4) is 0 Å². The number of halogens is 2. The minimum absolute atomic E-state index is 0.215. The molecule has 1 aliphatic rings. The van der Waals surface area contributed by atoms with Crippen molar-refractivity contribution in [2.24, 2.45) is 4.99 Å². The van der Waals surface area contributed by atoms with Gasteiger partial charge in [0.2, 0.25) is 0 Å². The molecule has 0 spiro atoms. The van der Waals surface area contributed by atoms with E-state index in [9.17, 15) is 0 Å². The van der Waals surface area contributed by atoms with E-state index in [1.165, 1.54) is 5.56 Å². The fourth-order valence-corrected chi connectivity index (χ4v) is 2.82. The van der Waals surface area contributed by atoms with Gasteiger partial charge in [-0.25, -0.2) is 0 Å². The molecule has 1 heterocycles. The number of aliphatic imine (C=N–C) groups is 1. The molecular formula is C16H13Cl2N. The van der Waals surface area contributed by atoms with Crippen LogP contribution in [0.15, 0.2) is 53.5 Å². The highest BCUT2D eigenvalue weighted by Crippen LogP contribution is 2.32. The number of benzene rings is 2. The molecule has 3 rings (SSSR count). The minimum Gasteiger partial charge on any atom is -0.281 e. The molecule has 0 radical (unpaired) electrons. The van der Waals surface area contributed by atoms with E-state index in [1.54, 1.807) is 0 Å². The summed E-state index contributed by atoms with van der Waals surface area (Å²) in [5.74, 6) is 0. The molecule has 0 N–H and O–H groups in total. The van der Waals surface area contributed by atoms with Crippen LogP contribution in [0.5, 0.6) is 0 Å². The van der Waals surface area contributed by atoms with Crippen molar-refractivity contribution in [2.45, 2.75) is 18.9 Å². The van der Waals surface area contributed by atoms with E-state index < -0.39 is 0 Å². The highest BCUT2D eigenvalue weighted by atomic mass is 35.5. The molecule has 3 heteroatoms. The summed E-state index contributed by atoms with van der Waals surface area (Å²) >= 11 is 12.1. The van der Waals surface area contributed by atoms with E-state index >= 15 is 0 Å². The molecule has 0 fully saturated rings. The standard InChI is InChI=1S/C16H13Cl2N/c17-13-5-1-3-11(9-13)15-7-8-16(19-15)12-4-2-6-14(18)10-12/h1-6,9-10,15H,7-8H2. The van der Waals surface area contributed by atoms with E-state index in [1.807, 2.05) is 36.4 Å². The van der Waals surface area contributed by atoms with Gasteiger partial charge in [-0.3, -0.25) is 4.99 Å². The fourth-order valence-electron chi connectivity index (χ4n) is 2.43. The topological polar surface area (TPSA) is 12.4 Å². The van der Waals surface area contributed by atoms with Crippen LogP contribution in [-0.4, -0.2) is 5.71 Å². The van der Waals surface area contributed by atoms with E-state index in [0.717, 1.165) is 34.2 Å². The molecule has 1 unspecified atom stereocenters. The molecule has 0 aromatic heterocycles. The highest BCUT2D eigenvalue weighted by molar-refractivity contribution is 6.31. The summed E-state index contributed by atoms with van der Waals surface area (Å²) in [4.78, 5) is 4.81. The lowest BCUT2D eigenvalue weighted by Crippen LogP contribution is -1.94. The number of nitrogens with zero attached hydrogens (tertiary/aromatic N) is 1. The van der Waals surface area contributed by atoms with E-state index in [0.29, 0.717) is 0 Å². The lowest BCUT2D eigenvalue weighted by molar-refractivity contribution is 0.723. The maximum absolute atomic E-state index is 6.03. The Bertz CT molecular complexity index is 634. The summed E-state index contributed by atoms with van der Waals surface area (Å²) in [5, 5.41) is 1.52. The maximum atomic E-state index is 6.03. The van der Waals surface area contributed by atoms with Gasteiger partial charge in [0.25, 0.3) is 0 Å². The monoisotopic (exact) mass is 289 g/mol. The van der Waals surface area contributed by atoms with Crippen molar-refractivity contribution in [1.29, 1.82) is 0 Å². The molecule has 1 aliphatic heterocycles. The van der Waals surface area contributed by atoms with Gasteiger partial charge in [-0.2, -0.15) is 0 Å². The Morgan fingerprint density at radius 2 is 1.68 bits per heavy atom. The molecule has 19 heavy (non-hydrogen) atoms. The fraction of sp³-hybridized carbons (Fsp3) is 0.188. The van der Waals surface area contributed by atoms with Crippen molar-refractivity contribution in [2.75, 3.05) is 0 Å². The van der Waals surface area contributed by atoms with E-state index in [-0.39, 0.29) is 6.04 Å². The SMILES string of the molecule is Clc1cccc(C2=NC(c3cccc(Cl)c3)CC2)c1. The first-order valence-electron chi connectivity index (χ1n) is 6.30. The lowest BCUT2D eigenvalue weighted by Gasteiger charge is -2.06. The van der Waals surface area contributed by atoms with E-state index in [4.69, 9.17) is 28.2 Å². The quantitative estimate of drug-likeness (QED) is 0.710. The normalized spacial score (nSPS) is 18.4. The van der Waals surface area contributed by atoms with Gasteiger partial charge in [0.05, 0.1) is 6.04 Å². The molecule has 0 saturated carbocycles. The van der Waals surface area contributed by atoms with Crippen LogP contribution in [-0.2, 0) is 0 Å². The Morgan fingerprint density at radius 1 is 0.947 bits per heavy atom. The Kier molecular flexibility index (Phi) is 3.58. The van der Waals surface area contributed by atoms with Crippen LogP contribution in [0.2, 0.25) is 10.0 Å². The van der Waals surface area contributed by atoms with Gasteiger partial charge in [0.15, 0.2) is 0 Å². The van der Waals surface area contributed by atoms with Crippen LogP contribution in [0.4, 0.5) is 0 Å². The predicted molar refractivity (Wildman–Crippen MR) is 81.4 cm³/mol. The molecule has 96 valence electrons. The molecule has 0 saturated heterocycles. The third kappa shape index (κ3) is 2.83. The van der Waals surface area contributed by atoms with Crippen molar-refractivity contribution >= 4 is 28.9 Å². The lowest BCUT2D eigenvalue weighted by atomic mass is 10.0. The van der Waals surface area contributed by atoms with Crippen LogP contribution in [0, 0.1) is 0 Å². The van der Waals surface area contributed by atoms with Crippen LogP contribution in [0.3, 0.4) is 0 Å². The molecule has 1 atom stereocenters. The Morgan fingerprint density at radius 3 is 2.42 bits per heavy atom. The third-order valence-corrected chi connectivity index (χ3v) is 3.83. The van der Waals surface area contributed by atoms with Crippen molar-refractivity contribution in [3.05, 3.63) is 69.7 Å². The second-order valence-electron chi connectivity index (χ2n) is 4.70. The molecule has 0 bridgehead atoms. The zero-order chi connectivity index (χ0) is 13.2. The first-order valence-corrected chi connectivity index (χ1v) is 7.06. The highest BCUT2D eigenvalue weighted by Gasteiger charge is 2.20. The summed E-state index contributed by atoms with van der Waals surface area (Å²) in [6.07, 6.45) is 2.01. The van der Waals surface area contributed by atoms with Gasteiger partial charge in [0.1, 0.15) is 0 Å². The largest absolute Gasteiger partial charge is 0.281 e. The van der Waals surface area contributed by atoms with Crippen molar-refractivity contribution < 1.29 is 0 Å². The summed E-state index contributed by atoms with van der Waals surface area (Å²) in [7, 11) is 0. The molecule has 1 nitrogen and oxygen atoms in total. The smallest absolute Gasteiger partial charge is 0.0756 e. The second-order valence-corrected chi connectivity index (χ2v) is 5.57. The van der Waals surface area contributed by atoms with Gasteiger partial charge in [0, 0.05) is 15.8 Å². The average molecular weight is 290 g/mol. The molecule has 0 amide bonds. The van der Waals surface area contributed by atoms with Crippen LogP contribution in [0.25, 0.3) is 0 Å². The third-order valence-electron chi connectivity index (χ3n) is 3.36. The first kappa shape index (κ1) is 12.7. The van der Waals surface area contributed by atoms with Crippen molar-refractivity contribution in [3.63, 3.8) is 0 Å². The summed E-state index contributed by atoms with van der Waals surface area (Å²) in [5.41, 5.74) is 3.44. The van der Waals surface area contributed by atoms with Gasteiger partial charge < -0.3 is 0 Å². The number of hydrogen-bond acceptors (Lipinski definition) is 1. The number of hydrogen-bond donors (Lipinski definition) is 0. The average Bonchev–Trinajstić information content (AvgIpc) is 2.88. The van der Waals surface area contributed by atoms with Crippen molar-refractivity contribution in [1.82, 2.24) is 0 Å². The molecular weight excluding hydrogens is 277 g/mol. The summed E-state index contributed by atoms with van der Waals surface area (Å²) in [6.45, 7) is 0. The zero-order valence-corrected chi connectivity index (χ0v) is 11.8. The Hall–Kier alpha value is -1.31. The molecule has 0 aliphatic carbocycles. The second kappa shape index (κ2) is 5.36. The molecule has 2 aromatic rings. The zero-order valence-electron chi connectivity index (χ0n) is 10.3. The predicted octanol–water partition coefficient (Wildman–Crippen LogP) is 5.32. The number of rotatable bonds is 2. The van der Waals surface area contributed by atoms with Crippen LogP contribution >= 0.6 is 23.2 Å². The first-order chi connectivity index (χ1) is 9.22. The minimum atomic E-state index is 0.215. The van der Waals surface area contributed by atoms with Gasteiger partial charge in [-0.05, 0) is 48.2 Å². The summed E-state index contributed by atoms with van der Waals surface area (Å²) in [6, 6.07) is 16.0. The van der Waals surface area contributed by atoms with Crippen LogP contribution < -0.4 is 0 Å². The van der Waals surface area contributed by atoms with E-state index in [2.05, 4.69) is 12.1 Å². The van der Waals surface area contributed by atoms with Gasteiger partial charge >= 0.3 is 0 Å². The molecule has 2 aromatic carbocycles. The van der Waals surface area contributed by atoms with Crippen LogP contribution in [0.1, 0.15) is 30.0 Å². The summed E-state index contributed by atoms with van der Waals surface area (Å²) < 4.78 is 0. The maximum Gasteiger partial charge on any atom is 0.0756 e. The van der Waals surface area contributed by atoms with Gasteiger partial charge in [-0.15, -0.1) is 0 Å².